The van der Waals surface area contributed by atoms with E-state index >= 15 is 0 Å². The number of aryl methyl sites for hydroxylation is 2. The fourth-order valence-corrected chi connectivity index (χ4v) is 3.56. The number of nitrogens with one attached hydrogen (secondary N) is 1. The Labute approximate surface area is 169 Å². The van der Waals surface area contributed by atoms with Crippen molar-refractivity contribution in [1.29, 1.82) is 0 Å². The third-order valence-electron chi connectivity index (χ3n) is 4.70. The molecule has 1 amide bonds. The monoisotopic (exact) mass is 386 g/mol. The molecule has 0 aliphatic carbocycles. The minimum Gasteiger partial charge on any atom is -0.322 e. The number of rotatable bonds is 3. The molecule has 1 heterocycles. The molecule has 1 aromatic heterocycles. The molecule has 0 aliphatic heterocycles. The van der Waals surface area contributed by atoms with E-state index in [1.165, 1.54) is 5.56 Å². The number of pyridine rings is 1. The third-order valence-corrected chi connectivity index (χ3v) is 4.94. The van der Waals surface area contributed by atoms with Gasteiger partial charge in [-0.15, -0.1) is 0 Å². The van der Waals surface area contributed by atoms with Crippen LogP contribution in [0.15, 0.2) is 72.8 Å². The Kier molecular flexibility index (Phi) is 4.84. The van der Waals surface area contributed by atoms with Gasteiger partial charge in [-0.1, -0.05) is 59.6 Å². The fourth-order valence-electron chi connectivity index (χ4n) is 3.37. The van der Waals surface area contributed by atoms with E-state index in [0.717, 1.165) is 27.7 Å². The number of carbonyl (C=O) groups is 1. The first-order valence-electron chi connectivity index (χ1n) is 9.05. The fraction of sp³-hybridized carbons (Fsp3) is 0.0833. The van der Waals surface area contributed by atoms with Gasteiger partial charge in [-0.2, -0.15) is 0 Å². The second-order valence-corrected chi connectivity index (χ2v) is 7.29. The molecular weight excluding hydrogens is 368 g/mol. The standard InChI is InChI=1S/C24H19ClN2O/c1-15-10-11-19(16(2)12-15)23-14-21(20-8-3-4-9-22(20)27-23)24(28)26-18-7-5-6-17(25)13-18/h3-14H,1-2H3,(H,26,28). The van der Waals surface area contributed by atoms with E-state index in [1.54, 1.807) is 12.1 Å². The summed E-state index contributed by atoms with van der Waals surface area (Å²) >= 11 is 6.04. The molecule has 0 atom stereocenters. The van der Waals surface area contributed by atoms with Crippen molar-refractivity contribution in [2.24, 2.45) is 0 Å². The highest BCUT2D eigenvalue weighted by atomic mass is 35.5. The Balaban J connectivity index is 1.83. The summed E-state index contributed by atoms with van der Waals surface area (Å²) in [5.74, 6) is -0.188. The summed E-state index contributed by atoms with van der Waals surface area (Å²) in [7, 11) is 0. The highest BCUT2D eigenvalue weighted by Crippen LogP contribution is 2.28. The molecule has 0 saturated heterocycles. The van der Waals surface area contributed by atoms with Crippen LogP contribution < -0.4 is 5.32 Å². The molecular formula is C24H19ClN2O. The second-order valence-electron chi connectivity index (χ2n) is 6.86. The number of hydrogen-bond acceptors (Lipinski definition) is 2. The number of carbonyl (C=O) groups excluding carboxylic acids is 1. The van der Waals surface area contributed by atoms with Crippen molar-refractivity contribution in [3.8, 4) is 11.3 Å². The molecule has 0 bridgehead atoms. The van der Waals surface area contributed by atoms with E-state index in [1.807, 2.05) is 42.5 Å². The molecule has 0 saturated carbocycles. The highest BCUT2D eigenvalue weighted by Gasteiger charge is 2.15. The molecule has 3 aromatic carbocycles. The van der Waals surface area contributed by atoms with E-state index < -0.39 is 0 Å². The minimum atomic E-state index is -0.188. The Morgan fingerprint density at radius 3 is 2.54 bits per heavy atom. The van der Waals surface area contributed by atoms with E-state index in [4.69, 9.17) is 16.6 Å². The van der Waals surface area contributed by atoms with Gasteiger partial charge in [-0.05, 0) is 49.7 Å². The first-order chi connectivity index (χ1) is 13.5. The number of aromatic nitrogens is 1. The number of hydrogen-bond donors (Lipinski definition) is 1. The van der Waals surface area contributed by atoms with Crippen molar-refractivity contribution >= 4 is 34.1 Å². The van der Waals surface area contributed by atoms with Crippen LogP contribution in [0.5, 0.6) is 0 Å². The summed E-state index contributed by atoms with van der Waals surface area (Å²) in [6, 6.07) is 22.9. The van der Waals surface area contributed by atoms with Gasteiger partial charge in [-0.3, -0.25) is 4.79 Å². The van der Waals surface area contributed by atoms with Gasteiger partial charge in [0.1, 0.15) is 0 Å². The molecule has 28 heavy (non-hydrogen) atoms. The van der Waals surface area contributed by atoms with Gasteiger partial charge >= 0.3 is 0 Å². The molecule has 0 fully saturated rings. The van der Waals surface area contributed by atoms with Gasteiger partial charge in [0.15, 0.2) is 0 Å². The lowest BCUT2D eigenvalue weighted by Crippen LogP contribution is -2.13. The topological polar surface area (TPSA) is 42.0 Å². The molecule has 1 N–H and O–H groups in total. The zero-order valence-electron chi connectivity index (χ0n) is 15.7. The minimum absolute atomic E-state index is 0.188. The van der Waals surface area contributed by atoms with Crippen molar-refractivity contribution in [1.82, 2.24) is 4.98 Å². The van der Waals surface area contributed by atoms with Crippen LogP contribution in [0, 0.1) is 13.8 Å². The van der Waals surface area contributed by atoms with Gasteiger partial charge in [-0.25, -0.2) is 4.98 Å². The Hall–Kier alpha value is -3.17. The summed E-state index contributed by atoms with van der Waals surface area (Å²) in [5.41, 5.74) is 6.16. The first-order valence-corrected chi connectivity index (χ1v) is 9.43. The summed E-state index contributed by atoms with van der Waals surface area (Å²) in [6.07, 6.45) is 0. The molecule has 0 spiro atoms. The number of halogens is 1. The molecule has 3 nitrogen and oxygen atoms in total. The number of fused-ring (bicyclic) bond motifs is 1. The first kappa shape index (κ1) is 18.2. The van der Waals surface area contributed by atoms with E-state index in [9.17, 15) is 4.79 Å². The van der Waals surface area contributed by atoms with Crippen molar-refractivity contribution in [2.75, 3.05) is 5.32 Å². The van der Waals surface area contributed by atoms with Crippen LogP contribution in [0.4, 0.5) is 5.69 Å². The molecule has 0 aliphatic rings. The lowest BCUT2D eigenvalue weighted by atomic mass is 9.99. The smallest absolute Gasteiger partial charge is 0.256 e. The highest BCUT2D eigenvalue weighted by molar-refractivity contribution is 6.31. The maximum Gasteiger partial charge on any atom is 0.256 e. The summed E-state index contributed by atoms with van der Waals surface area (Å²) in [4.78, 5) is 17.9. The van der Waals surface area contributed by atoms with Gasteiger partial charge < -0.3 is 5.32 Å². The number of benzene rings is 3. The lowest BCUT2D eigenvalue weighted by molar-refractivity contribution is 0.102. The van der Waals surface area contributed by atoms with Crippen LogP contribution in [0.2, 0.25) is 5.02 Å². The van der Waals surface area contributed by atoms with Crippen LogP contribution in [0.1, 0.15) is 21.5 Å². The SMILES string of the molecule is Cc1ccc(-c2cc(C(=O)Nc3cccc(Cl)c3)c3ccccc3n2)c(C)c1. The van der Waals surface area contributed by atoms with Crippen molar-refractivity contribution in [3.05, 3.63) is 94.5 Å². The van der Waals surface area contributed by atoms with Gasteiger partial charge in [0, 0.05) is 21.7 Å². The summed E-state index contributed by atoms with van der Waals surface area (Å²) in [5, 5.41) is 4.33. The van der Waals surface area contributed by atoms with Gasteiger partial charge in [0.05, 0.1) is 16.8 Å². The maximum atomic E-state index is 13.1. The Morgan fingerprint density at radius 1 is 0.929 bits per heavy atom. The van der Waals surface area contributed by atoms with Crippen molar-refractivity contribution in [2.45, 2.75) is 13.8 Å². The molecule has 4 aromatic rings. The number of para-hydroxylation sites is 1. The van der Waals surface area contributed by atoms with Crippen LogP contribution >= 0.6 is 11.6 Å². The summed E-state index contributed by atoms with van der Waals surface area (Å²) < 4.78 is 0. The van der Waals surface area contributed by atoms with Crippen molar-refractivity contribution in [3.63, 3.8) is 0 Å². The number of nitrogens with zero attached hydrogens (tertiary/aromatic N) is 1. The zero-order chi connectivity index (χ0) is 19.7. The van der Waals surface area contributed by atoms with Gasteiger partial charge in [0.25, 0.3) is 5.91 Å². The van der Waals surface area contributed by atoms with Crippen LogP contribution in [0.25, 0.3) is 22.2 Å². The molecule has 138 valence electrons. The van der Waals surface area contributed by atoms with Crippen molar-refractivity contribution < 1.29 is 4.79 Å². The number of anilines is 1. The average Bonchev–Trinajstić information content (AvgIpc) is 2.67. The zero-order valence-corrected chi connectivity index (χ0v) is 16.4. The largest absolute Gasteiger partial charge is 0.322 e. The lowest BCUT2D eigenvalue weighted by Gasteiger charge is -2.12. The quantitative estimate of drug-likeness (QED) is 0.441. The Morgan fingerprint density at radius 2 is 1.75 bits per heavy atom. The normalized spacial score (nSPS) is 10.8. The molecule has 4 heteroatoms. The average molecular weight is 387 g/mol. The maximum absolute atomic E-state index is 13.1. The third kappa shape index (κ3) is 3.62. The van der Waals surface area contributed by atoms with E-state index in [-0.39, 0.29) is 5.91 Å². The van der Waals surface area contributed by atoms with Crippen LogP contribution in [-0.4, -0.2) is 10.9 Å². The number of amides is 1. The Bertz CT molecular complexity index is 1200. The van der Waals surface area contributed by atoms with E-state index in [0.29, 0.717) is 16.3 Å². The second kappa shape index (κ2) is 7.45. The molecule has 0 unspecified atom stereocenters. The molecule has 0 radical (unpaired) electrons. The predicted molar refractivity (Wildman–Crippen MR) is 116 cm³/mol. The van der Waals surface area contributed by atoms with Crippen LogP contribution in [-0.2, 0) is 0 Å². The predicted octanol–water partition coefficient (Wildman–Crippen LogP) is 6.42. The van der Waals surface area contributed by atoms with Crippen LogP contribution in [0.3, 0.4) is 0 Å². The molecule has 4 rings (SSSR count). The van der Waals surface area contributed by atoms with Gasteiger partial charge in [0.2, 0.25) is 0 Å². The summed E-state index contributed by atoms with van der Waals surface area (Å²) in [6.45, 7) is 4.12. The van der Waals surface area contributed by atoms with E-state index in [2.05, 4.69) is 37.4 Å².